The van der Waals surface area contributed by atoms with Gasteiger partial charge in [-0.05, 0) is 36.8 Å². The van der Waals surface area contributed by atoms with Gasteiger partial charge in [-0.2, -0.15) is 0 Å². The molecule has 0 aliphatic rings. The SMILES string of the molecule is Cc1cc(Cc2nc3ccccc3[nH]2)ccn1. The van der Waals surface area contributed by atoms with Crippen molar-refractivity contribution in [2.45, 2.75) is 13.3 Å². The average molecular weight is 223 g/mol. The Morgan fingerprint density at radius 2 is 2.06 bits per heavy atom. The molecule has 17 heavy (non-hydrogen) atoms. The maximum Gasteiger partial charge on any atom is 0.111 e. The highest BCUT2D eigenvalue weighted by Gasteiger charge is 2.03. The number of fused-ring (bicyclic) bond motifs is 1. The van der Waals surface area contributed by atoms with E-state index in [1.807, 2.05) is 43.5 Å². The quantitative estimate of drug-likeness (QED) is 0.725. The Balaban J connectivity index is 1.94. The largest absolute Gasteiger partial charge is 0.342 e. The highest BCUT2D eigenvalue weighted by molar-refractivity contribution is 5.74. The molecule has 0 radical (unpaired) electrons. The van der Waals surface area contributed by atoms with Crippen LogP contribution in [0.3, 0.4) is 0 Å². The maximum atomic E-state index is 4.56. The lowest BCUT2D eigenvalue weighted by Crippen LogP contribution is -1.92. The summed E-state index contributed by atoms with van der Waals surface area (Å²) in [5.41, 5.74) is 4.39. The van der Waals surface area contributed by atoms with Crippen molar-refractivity contribution in [2.24, 2.45) is 0 Å². The molecule has 2 aromatic heterocycles. The Hall–Kier alpha value is -2.16. The topological polar surface area (TPSA) is 41.6 Å². The van der Waals surface area contributed by atoms with E-state index in [1.165, 1.54) is 5.56 Å². The lowest BCUT2D eigenvalue weighted by molar-refractivity contribution is 1.02. The van der Waals surface area contributed by atoms with Crippen LogP contribution in [0.15, 0.2) is 42.6 Å². The van der Waals surface area contributed by atoms with Gasteiger partial charge in [0.1, 0.15) is 5.82 Å². The van der Waals surface area contributed by atoms with Crippen molar-refractivity contribution >= 4 is 11.0 Å². The molecule has 3 nitrogen and oxygen atoms in total. The van der Waals surface area contributed by atoms with Gasteiger partial charge in [0, 0.05) is 18.3 Å². The Kier molecular flexibility index (Phi) is 2.37. The van der Waals surface area contributed by atoms with Gasteiger partial charge in [0.15, 0.2) is 0 Å². The van der Waals surface area contributed by atoms with Crippen LogP contribution in [0.4, 0.5) is 0 Å². The first-order valence-corrected chi connectivity index (χ1v) is 5.66. The van der Waals surface area contributed by atoms with Gasteiger partial charge in [0.05, 0.1) is 11.0 Å². The number of nitrogens with one attached hydrogen (secondary N) is 1. The second kappa shape index (κ2) is 4.01. The van der Waals surface area contributed by atoms with Crippen molar-refractivity contribution in [3.8, 4) is 0 Å². The van der Waals surface area contributed by atoms with Crippen molar-refractivity contribution in [3.63, 3.8) is 0 Å². The molecule has 0 aliphatic carbocycles. The van der Waals surface area contributed by atoms with E-state index in [2.05, 4.69) is 21.0 Å². The smallest absolute Gasteiger partial charge is 0.111 e. The number of nitrogens with zero attached hydrogens (tertiary/aromatic N) is 2. The molecule has 0 spiro atoms. The molecule has 0 atom stereocenters. The summed E-state index contributed by atoms with van der Waals surface area (Å²) in [5.74, 6) is 0.997. The van der Waals surface area contributed by atoms with Crippen molar-refractivity contribution in [1.29, 1.82) is 0 Å². The maximum absolute atomic E-state index is 4.56. The number of aromatic amines is 1. The molecule has 1 aromatic carbocycles. The summed E-state index contributed by atoms with van der Waals surface area (Å²) < 4.78 is 0. The lowest BCUT2D eigenvalue weighted by Gasteiger charge is -1.98. The number of hydrogen-bond acceptors (Lipinski definition) is 2. The monoisotopic (exact) mass is 223 g/mol. The minimum absolute atomic E-state index is 0.817. The molecule has 3 aromatic rings. The zero-order valence-electron chi connectivity index (χ0n) is 9.64. The molecule has 3 rings (SSSR count). The number of hydrogen-bond donors (Lipinski definition) is 1. The van der Waals surface area contributed by atoms with E-state index >= 15 is 0 Å². The Labute approximate surface area is 99.5 Å². The molecule has 0 aliphatic heterocycles. The summed E-state index contributed by atoms with van der Waals surface area (Å²) in [6, 6.07) is 12.2. The molecule has 0 fully saturated rings. The zero-order chi connectivity index (χ0) is 11.7. The molecule has 0 saturated carbocycles. The average Bonchev–Trinajstić information content (AvgIpc) is 2.71. The number of aromatic nitrogens is 3. The van der Waals surface area contributed by atoms with Crippen molar-refractivity contribution in [1.82, 2.24) is 15.0 Å². The van der Waals surface area contributed by atoms with E-state index in [0.717, 1.165) is 29.0 Å². The summed E-state index contributed by atoms with van der Waals surface area (Å²) >= 11 is 0. The van der Waals surface area contributed by atoms with Crippen LogP contribution in [0, 0.1) is 6.92 Å². The third-order valence-corrected chi connectivity index (χ3v) is 2.77. The second-order valence-corrected chi connectivity index (χ2v) is 4.18. The van der Waals surface area contributed by atoms with Crippen LogP contribution in [-0.4, -0.2) is 15.0 Å². The fraction of sp³-hybridized carbons (Fsp3) is 0.143. The predicted molar refractivity (Wildman–Crippen MR) is 67.9 cm³/mol. The first-order valence-electron chi connectivity index (χ1n) is 5.66. The summed E-state index contributed by atoms with van der Waals surface area (Å²) in [6.07, 6.45) is 2.66. The van der Waals surface area contributed by atoms with E-state index in [-0.39, 0.29) is 0 Å². The minimum Gasteiger partial charge on any atom is -0.342 e. The van der Waals surface area contributed by atoms with Crippen molar-refractivity contribution in [2.75, 3.05) is 0 Å². The van der Waals surface area contributed by atoms with Gasteiger partial charge < -0.3 is 4.98 Å². The molecular formula is C14H13N3. The van der Waals surface area contributed by atoms with Crippen LogP contribution in [0.2, 0.25) is 0 Å². The fourth-order valence-electron chi connectivity index (χ4n) is 2.00. The van der Waals surface area contributed by atoms with Gasteiger partial charge in [0.25, 0.3) is 0 Å². The van der Waals surface area contributed by atoms with Gasteiger partial charge in [-0.15, -0.1) is 0 Å². The molecule has 0 unspecified atom stereocenters. The number of benzene rings is 1. The molecule has 2 heterocycles. The Morgan fingerprint density at radius 1 is 1.18 bits per heavy atom. The molecule has 84 valence electrons. The van der Waals surface area contributed by atoms with Crippen LogP contribution >= 0.6 is 0 Å². The van der Waals surface area contributed by atoms with Crippen LogP contribution < -0.4 is 0 Å². The number of aryl methyl sites for hydroxylation is 1. The molecule has 0 saturated heterocycles. The number of H-pyrrole nitrogens is 1. The van der Waals surface area contributed by atoms with Crippen LogP contribution in [0.25, 0.3) is 11.0 Å². The zero-order valence-corrected chi connectivity index (χ0v) is 9.64. The number of rotatable bonds is 2. The molecule has 1 N–H and O–H groups in total. The fourth-order valence-corrected chi connectivity index (χ4v) is 2.00. The van der Waals surface area contributed by atoms with E-state index in [0.29, 0.717) is 0 Å². The van der Waals surface area contributed by atoms with Gasteiger partial charge in [-0.1, -0.05) is 12.1 Å². The number of pyridine rings is 1. The number of para-hydroxylation sites is 2. The van der Waals surface area contributed by atoms with Gasteiger partial charge in [-0.3, -0.25) is 4.98 Å². The third-order valence-electron chi connectivity index (χ3n) is 2.77. The summed E-state index contributed by atoms with van der Waals surface area (Å²) in [6.45, 7) is 2.00. The standard InChI is InChI=1S/C14H13N3/c1-10-8-11(6-7-15-10)9-14-16-12-4-2-3-5-13(12)17-14/h2-8H,9H2,1H3,(H,16,17). The number of imidazole rings is 1. The highest BCUT2D eigenvalue weighted by atomic mass is 14.9. The third kappa shape index (κ3) is 2.04. The molecular weight excluding hydrogens is 210 g/mol. The first kappa shape index (κ1) is 10.0. The minimum atomic E-state index is 0.817. The highest BCUT2D eigenvalue weighted by Crippen LogP contribution is 2.13. The molecule has 0 amide bonds. The van der Waals surface area contributed by atoms with E-state index in [9.17, 15) is 0 Å². The summed E-state index contributed by atoms with van der Waals surface area (Å²) in [7, 11) is 0. The van der Waals surface area contributed by atoms with E-state index in [4.69, 9.17) is 0 Å². The van der Waals surface area contributed by atoms with Crippen LogP contribution in [0.5, 0.6) is 0 Å². The van der Waals surface area contributed by atoms with E-state index < -0.39 is 0 Å². The normalized spacial score (nSPS) is 10.9. The molecule has 0 bridgehead atoms. The van der Waals surface area contributed by atoms with Crippen molar-refractivity contribution < 1.29 is 0 Å². The van der Waals surface area contributed by atoms with Gasteiger partial charge >= 0.3 is 0 Å². The molecule has 3 heteroatoms. The van der Waals surface area contributed by atoms with E-state index in [1.54, 1.807) is 0 Å². The van der Waals surface area contributed by atoms with Crippen LogP contribution in [0.1, 0.15) is 17.1 Å². The second-order valence-electron chi connectivity index (χ2n) is 4.18. The summed E-state index contributed by atoms with van der Waals surface area (Å²) in [5, 5.41) is 0. The Bertz CT molecular complexity index is 622. The van der Waals surface area contributed by atoms with Crippen LogP contribution in [-0.2, 0) is 6.42 Å². The van der Waals surface area contributed by atoms with Gasteiger partial charge in [0.2, 0.25) is 0 Å². The Morgan fingerprint density at radius 3 is 2.88 bits per heavy atom. The predicted octanol–water partition coefficient (Wildman–Crippen LogP) is 2.86. The van der Waals surface area contributed by atoms with Crippen molar-refractivity contribution in [3.05, 3.63) is 59.7 Å². The lowest BCUT2D eigenvalue weighted by atomic mass is 10.1. The van der Waals surface area contributed by atoms with Gasteiger partial charge in [-0.25, -0.2) is 4.98 Å². The first-order chi connectivity index (χ1) is 8.31. The summed E-state index contributed by atoms with van der Waals surface area (Å²) in [4.78, 5) is 12.1.